The van der Waals surface area contributed by atoms with Crippen LogP contribution in [0.2, 0.25) is 0 Å². The summed E-state index contributed by atoms with van der Waals surface area (Å²) in [7, 11) is 1.62. The van der Waals surface area contributed by atoms with E-state index in [1.807, 2.05) is 41.6 Å². The Morgan fingerprint density at radius 3 is 3.04 bits per heavy atom. The number of aryl methyl sites for hydroxylation is 1. The first-order valence-electron chi connectivity index (χ1n) is 8.20. The minimum absolute atomic E-state index is 0.0496. The van der Waals surface area contributed by atoms with Gasteiger partial charge in [0.05, 0.1) is 24.9 Å². The number of nitrogens with one attached hydrogen (secondary N) is 1. The van der Waals surface area contributed by atoms with Crippen molar-refractivity contribution in [2.24, 2.45) is 5.92 Å². The third kappa shape index (κ3) is 3.94. The van der Waals surface area contributed by atoms with Crippen molar-refractivity contribution in [3.8, 4) is 5.75 Å². The Balaban J connectivity index is 1.81. The van der Waals surface area contributed by atoms with Crippen LogP contribution in [0.15, 0.2) is 29.8 Å². The molecule has 1 aliphatic heterocycles. The van der Waals surface area contributed by atoms with Crippen LogP contribution >= 0.6 is 11.3 Å². The van der Waals surface area contributed by atoms with Crippen molar-refractivity contribution in [3.05, 3.63) is 45.9 Å². The van der Waals surface area contributed by atoms with E-state index in [0.29, 0.717) is 23.8 Å². The highest BCUT2D eigenvalue weighted by Gasteiger charge is 2.24. The predicted octanol–water partition coefficient (Wildman–Crippen LogP) is 2.71. The highest BCUT2D eigenvalue weighted by atomic mass is 32.1. The van der Waals surface area contributed by atoms with Gasteiger partial charge in [-0.2, -0.15) is 0 Å². The molecule has 1 saturated heterocycles. The van der Waals surface area contributed by atoms with E-state index in [4.69, 9.17) is 4.74 Å². The highest BCUT2D eigenvalue weighted by Crippen LogP contribution is 2.21. The summed E-state index contributed by atoms with van der Waals surface area (Å²) in [6.07, 6.45) is 1.11. The molecule has 3 rings (SSSR count). The van der Waals surface area contributed by atoms with Gasteiger partial charge in [-0.05, 0) is 50.6 Å². The number of rotatable bonds is 6. The molecule has 1 aromatic heterocycles. The lowest BCUT2D eigenvalue weighted by Crippen LogP contribution is -2.35. The van der Waals surface area contributed by atoms with E-state index in [2.05, 4.69) is 10.3 Å². The SMILES string of the molecule is COc1cccc(C(=O)N(Cc2scnc2C)CC2CCNC2)c1. The Hall–Kier alpha value is -1.92. The smallest absolute Gasteiger partial charge is 0.254 e. The van der Waals surface area contributed by atoms with Crippen molar-refractivity contribution in [2.75, 3.05) is 26.7 Å². The van der Waals surface area contributed by atoms with Gasteiger partial charge in [0.25, 0.3) is 5.91 Å². The Bertz CT molecular complexity index is 695. The first-order chi connectivity index (χ1) is 11.7. The fourth-order valence-corrected chi connectivity index (χ4v) is 3.78. The van der Waals surface area contributed by atoms with Gasteiger partial charge in [0.1, 0.15) is 5.75 Å². The van der Waals surface area contributed by atoms with Crippen molar-refractivity contribution in [3.63, 3.8) is 0 Å². The van der Waals surface area contributed by atoms with Gasteiger partial charge in [-0.3, -0.25) is 4.79 Å². The monoisotopic (exact) mass is 345 g/mol. The fourth-order valence-electron chi connectivity index (χ4n) is 2.99. The van der Waals surface area contributed by atoms with Crippen LogP contribution in [-0.4, -0.2) is 42.5 Å². The van der Waals surface area contributed by atoms with Gasteiger partial charge < -0.3 is 15.0 Å². The molecular formula is C18H23N3O2S. The second-order valence-electron chi connectivity index (χ2n) is 6.14. The van der Waals surface area contributed by atoms with Crippen LogP contribution < -0.4 is 10.1 Å². The van der Waals surface area contributed by atoms with Gasteiger partial charge in [0.2, 0.25) is 0 Å². The molecule has 6 heteroatoms. The topological polar surface area (TPSA) is 54.5 Å². The molecule has 1 aromatic carbocycles. The Morgan fingerprint density at radius 2 is 2.38 bits per heavy atom. The second kappa shape index (κ2) is 7.77. The number of methoxy groups -OCH3 is 1. The largest absolute Gasteiger partial charge is 0.497 e. The van der Waals surface area contributed by atoms with Gasteiger partial charge in [-0.25, -0.2) is 4.98 Å². The molecule has 24 heavy (non-hydrogen) atoms. The summed E-state index contributed by atoms with van der Waals surface area (Å²) in [6.45, 7) is 5.38. The van der Waals surface area contributed by atoms with Crippen LogP contribution in [0.25, 0.3) is 0 Å². The molecule has 0 saturated carbocycles. The lowest BCUT2D eigenvalue weighted by Gasteiger charge is -2.25. The molecule has 0 radical (unpaired) electrons. The molecule has 1 amide bonds. The zero-order chi connectivity index (χ0) is 16.9. The molecule has 1 N–H and O–H groups in total. The highest BCUT2D eigenvalue weighted by molar-refractivity contribution is 7.09. The van der Waals surface area contributed by atoms with Gasteiger partial charge >= 0.3 is 0 Å². The zero-order valence-electron chi connectivity index (χ0n) is 14.1. The van der Waals surface area contributed by atoms with Crippen LogP contribution in [0.5, 0.6) is 5.75 Å². The van der Waals surface area contributed by atoms with Crippen LogP contribution in [-0.2, 0) is 6.54 Å². The van der Waals surface area contributed by atoms with Crippen LogP contribution in [0.1, 0.15) is 27.3 Å². The third-order valence-corrected chi connectivity index (χ3v) is 5.34. The molecular weight excluding hydrogens is 322 g/mol. The minimum atomic E-state index is 0.0496. The molecule has 5 nitrogen and oxygen atoms in total. The number of hydrogen-bond donors (Lipinski definition) is 1. The number of thiazole rings is 1. The number of carbonyl (C=O) groups is 1. The summed E-state index contributed by atoms with van der Waals surface area (Å²) in [5.41, 5.74) is 3.52. The quantitative estimate of drug-likeness (QED) is 0.875. The fraction of sp³-hybridized carbons (Fsp3) is 0.444. The summed E-state index contributed by atoms with van der Waals surface area (Å²) in [4.78, 5) is 20.5. The standard InChI is InChI=1S/C18H23N3O2S/c1-13-17(24-12-20-13)11-21(10-14-6-7-19-9-14)18(22)15-4-3-5-16(8-15)23-2/h3-5,8,12,14,19H,6-7,9-11H2,1-2H3. The molecule has 2 aromatic rings. The van der Waals surface area contributed by atoms with Crippen molar-refractivity contribution >= 4 is 17.2 Å². The van der Waals surface area contributed by atoms with Gasteiger partial charge in [0, 0.05) is 17.0 Å². The van der Waals surface area contributed by atoms with Crippen molar-refractivity contribution < 1.29 is 9.53 Å². The Labute approximate surface area is 146 Å². The maximum absolute atomic E-state index is 13.1. The van der Waals surface area contributed by atoms with E-state index < -0.39 is 0 Å². The molecule has 128 valence electrons. The first kappa shape index (κ1) is 16.9. The molecule has 1 aliphatic rings. The van der Waals surface area contributed by atoms with Crippen LogP contribution in [0.3, 0.4) is 0 Å². The number of ether oxygens (including phenoxy) is 1. The number of hydrogen-bond acceptors (Lipinski definition) is 5. The molecule has 0 bridgehead atoms. The summed E-state index contributed by atoms with van der Waals surface area (Å²) in [6, 6.07) is 7.38. The maximum atomic E-state index is 13.1. The number of carbonyl (C=O) groups excluding carboxylic acids is 1. The van der Waals surface area contributed by atoms with Crippen LogP contribution in [0, 0.1) is 12.8 Å². The number of nitrogens with zero attached hydrogens (tertiary/aromatic N) is 2. The molecule has 1 unspecified atom stereocenters. The van der Waals surface area contributed by atoms with Crippen LogP contribution in [0.4, 0.5) is 0 Å². The third-order valence-electron chi connectivity index (χ3n) is 4.42. The summed E-state index contributed by atoms with van der Waals surface area (Å²) < 4.78 is 5.25. The average molecular weight is 345 g/mol. The van der Waals surface area contributed by atoms with E-state index in [1.165, 1.54) is 0 Å². The van der Waals surface area contributed by atoms with Gasteiger partial charge in [-0.15, -0.1) is 11.3 Å². The van der Waals surface area contributed by atoms with Crippen molar-refractivity contribution in [1.82, 2.24) is 15.2 Å². The molecule has 1 atom stereocenters. The predicted molar refractivity (Wildman–Crippen MR) is 95.6 cm³/mol. The van der Waals surface area contributed by atoms with E-state index in [1.54, 1.807) is 18.4 Å². The molecule has 1 fully saturated rings. The number of benzene rings is 1. The maximum Gasteiger partial charge on any atom is 0.254 e. The lowest BCUT2D eigenvalue weighted by atomic mass is 10.1. The van der Waals surface area contributed by atoms with Crippen molar-refractivity contribution in [2.45, 2.75) is 19.9 Å². The average Bonchev–Trinajstić information content (AvgIpc) is 3.26. The van der Waals surface area contributed by atoms with Gasteiger partial charge in [0.15, 0.2) is 0 Å². The summed E-state index contributed by atoms with van der Waals surface area (Å²) >= 11 is 1.61. The number of aromatic nitrogens is 1. The lowest BCUT2D eigenvalue weighted by molar-refractivity contribution is 0.0720. The molecule has 0 aliphatic carbocycles. The van der Waals surface area contributed by atoms with E-state index >= 15 is 0 Å². The van der Waals surface area contributed by atoms with Crippen molar-refractivity contribution in [1.29, 1.82) is 0 Å². The Morgan fingerprint density at radius 1 is 1.50 bits per heavy atom. The van der Waals surface area contributed by atoms with E-state index in [9.17, 15) is 4.79 Å². The van der Waals surface area contributed by atoms with E-state index in [0.717, 1.165) is 36.6 Å². The second-order valence-corrected chi connectivity index (χ2v) is 7.08. The zero-order valence-corrected chi connectivity index (χ0v) is 14.9. The minimum Gasteiger partial charge on any atom is -0.497 e. The normalized spacial score (nSPS) is 17.0. The summed E-state index contributed by atoms with van der Waals surface area (Å²) in [5, 5.41) is 3.38. The van der Waals surface area contributed by atoms with Gasteiger partial charge in [-0.1, -0.05) is 6.07 Å². The molecule has 0 spiro atoms. The summed E-state index contributed by atoms with van der Waals surface area (Å²) in [5.74, 6) is 1.26. The molecule has 2 heterocycles. The Kier molecular flexibility index (Phi) is 5.48. The first-order valence-corrected chi connectivity index (χ1v) is 9.08. The van der Waals surface area contributed by atoms with E-state index in [-0.39, 0.29) is 5.91 Å². The number of amides is 1.